The van der Waals surface area contributed by atoms with Crippen LogP contribution in [-0.4, -0.2) is 27.9 Å². The van der Waals surface area contributed by atoms with Crippen molar-refractivity contribution in [2.45, 2.75) is 68.1 Å². The molecule has 3 aromatic carbocycles. The van der Waals surface area contributed by atoms with Crippen LogP contribution in [0, 0.1) is 0 Å². The van der Waals surface area contributed by atoms with Crippen LogP contribution < -0.4 is 45.1 Å². The molecule has 39 heavy (non-hydrogen) atoms. The summed E-state index contributed by atoms with van der Waals surface area (Å²) < 4.78 is 60.8. The first-order valence-corrected chi connectivity index (χ1v) is 15.5. The first-order valence-electron chi connectivity index (χ1n) is 12.6. The van der Waals surface area contributed by atoms with Crippen LogP contribution in [0.2, 0.25) is 0 Å². The van der Waals surface area contributed by atoms with Crippen molar-refractivity contribution in [1.29, 1.82) is 0 Å². The number of rotatable bonds is 14. The standard InChI is InChI=1S/C26H34N4O6S2.Na/c1-2-3-4-5-6-7-8-11-16-28-37(32,33)24-13-10-9-12-22(24)29-30-26-21(27)15-14-19-17-20(38(34,35)36)18-23(31)25(19)26;/h9-10,12-15,17-18,28,31H,2-8,11,16,27H2,1H3,(H,34,35,36);/q;+1/p-1. The van der Waals surface area contributed by atoms with Crippen molar-refractivity contribution in [3.63, 3.8) is 0 Å². The third-order valence-electron chi connectivity index (χ3n) is 6.09. The third-order valence-corrected chi connectivity index (χ3v) is 8.43. The number of unbranched alkanes of at least 4 members (excludes halogenated alkanes) is 7. The maximum absolute atomic E-state index is 13.0. The fourth-order valence-electron chi connectivity index (χ4n) is 4.07. The number of benzene rings is 3. The van der Waals surface area contributed by atoms with Crippen LogP contribution >= 0.6 is 0 Å². The second-order valence-electron chi connectivity index (χ2n) is 9.04. The predicted molar refractivity (Wildman–Crippen MR) is 146 cm³/mol. The van der Waals surface area contributed by atoms with Gasteiger partial charge in [-0.3, -0.25) is 4.55 Å². The molecule has 0 aromatic heterocycles. The van der Waals surface area contributed by atoms with Crippen molar-refractivity contribution in [3.8, 4) is 5.75 Å². The molecule has 0 radical (unpaired) electrons. The Bertz CT molecular complexity index is 1510. The molecular weight excluding hydrogens is 551 g/mol. The Kier molecular flexibility index (Phi) is 12.8. The zero-order valence-electron chi connectivity index (χ0n) is 22.3. The van der Waals surface area contributed by atoms with E-state index >= 15 is 0 Å². The van der Waals surface area contributed by atoms with Gasteiger partial charge in [-0.1, -0.05) is 75.8 Å². The van der Waals surface area contributed by atoms with E-state index in [0.29, 0.717) is 6.54 Å². The molecule has 0 atom stereocenters. The van der Waals surface area contributed by atoms with Gasteiger partial charge in [-0.05, 0) is 42.1 Å². The zero-order chi connectivity index (χ0) is 27.8. The number of anilines is 1. The SMILES string of the molecule is CCCCCCCCCCNS(=O)(=O)c1ccccc1N=Nc1c(N)ccc2cc(S(=O)(=O)O)cc([O-])c12.[Na+]. The molecule has 3 aromatic rings. The summed E-state index contributed by atoms with van der Waals surface area (Å²) in [5, 5.41) is 21.0. The molecule has 0 fully saturated rings. The van der Waals surface area contributed by atoms with E-state index < -0.39 is 30.8 Å². The van der Waals surface area contributed by atoms with E-state index in [0.717, 1.165) is 37.8 Å². The van der Waals surface area contributed by atoms with Crippen LogP contribution in [0.3, 0.4) is 0 Å². The first kappa shape index (κ1) is 33.1. The van der Waals surface area contributed by atoms with Gasteiger partial charge in [0.2, 0.25) is 10.0 Å². The summed E-state index contributed by atoms with van der Waals surface area (Å²) >= 11 is 0. The minimum atomic E-state index is -4.59. The van der Waals surface area contributed by atoms with E-state index in [1.807, 2.05) is 0 Å². The number of nitrogens with zero attached hydrogens (tertiary/aromatic N) is 2. The molecule has 3 rings (SSSR count). The average molecular weight is 585 g/mol. The van der Waals surface area contributed by atoms with Crippen LogP contribution in [0.4, 0.5) is 17.1 Å². The molecule has 0 aliphatic rings. The molecule has 0 bridgehead atoms. The topological polar surface area (TPSA) is 174 Å². The molecule has 0 aliphatic carbocycles. The van der Waals surface area contributed by atoms with Crippen LogP contribution in [0.25, 0.3) is 10.8 Å². The Labute approximate surface area is 252 Å². The minimum absolute atomic E-state index is 0. The molecule has 0 spiro atoms. The Hall–Kier alpha value is -2.06. The zero-order valence-corrected chi connectivity index (χ0v) is 25.9. The average Bonchev–Trinajstić information content (AvgIpc) is 2.86. The fourth-order valence-corrected chi connectivity index (χ4v) is 5.81. The van der Waals surface area contributed by atoms with Crippen molar-refractivity contribution in [2.24, 2.45) is 10.2 Å². The van der Waals surface area contributed by atoms with Gasteiger partial charge in [-0.2, -0.15) is 8.42 Å². The number of nitrogen functional groups attached to an aromatic ring is 1. The molecule has 0 saturated heterocycles. The smallest absolute Gasteiger partial charge is 0.872 e. The van der Waals surface area contributed by atoms with Gasteiger partial charge in [0.05, 0.1) is 10.6 Å². The Morgan fingerprint density at radius 3 is 2.21 bits per heavy atom. The van der Waals surface area contributed by atoms with Crippen molar-refractivity contribution in [2.75, 3.05) is 12.3 Å². The molecule has 0 unspecified atom stereocenters. The van der Waals surface area contributed by atoms with E-state index in [9.17, 15) is 26.5 Å². The Morgan fingerprint density at radius 1 is 0.897 bits per heavy atom. The van der Waals surface area contributed by atoms with Crippen molar-refractivity contribution >= 4 is 48.0 Å². The normalized spacial score (nSPS) is 12.2. The van der Waals surface area contributed by atoms with Crippen molar-refractivity contribution in [3.05, 3.63) is 48.5 Å². The van der Waals surface area contributed by atoms with Crippen LogP contribution in [0.1, 0.15) is 58.3 Å². The van der Waals surface area contributed by atoms with E-state index in [1.54, 1.807) is 12.1 Å². The minimum Gasteiger partial charge on any atom is -0.872 e. The number of fused-ring (bicyclic) bond motifs is 1. The molecule has 206 valence electrons. The number of hydrogen-bond acceptors (Lipinski definition) is 8. The summed E-state index contributed by atoms with van der Waals surface area (Å²) in [6, 6.07) is 10.8. The number of hydrogen-bond donors (Lipinski definition) is 3. The Balaban J connectivity index is 0.00000533. The van der Waals surface area contributed by atoms with E-state index in [4.69, 9.17) is 5.73 Å². The second kappa shape index (κ2) is 15.1. The van der Waals surface area contributed by atoms with Gasteiger partial charge in [0.25, 0.3) is 10.1 Å². The van der Waals surface area contributed by atoms with Crippen molar-refractivity contribution in [1.82, 2.24) is 4.72 Å². The molecular formula is C26H33N4NaO6S2. The summed E-state index contributed by atoms with van der Waals surface area (Å²) in [7, 11) is -8.47. The predicted octanol–water partition coefficient (Wildman–Crippen LogP) is 2.58. The number of nitrogens with one attached hydrogen (secondary N) is 1. The maximum atomic E-state index is 13.0. The molecule has 0 heterocycles. The fraction of sp³-hybridized carbons (Fsp3) is 0.385. The first-order chi connectivity index (χ1) is 18.0. The van der Waals surface area contributed by atoms with Gasteiger partial charge in [0.1, 0.15) is 16.3 Å². The largest absolute Gasteiger partial charge is 1.00 e. The summed E-state index contributed by atoms with van der Waals surface area (Å²) in [6.45, 7) is 2.48. The molecule has 0 amide bonds. The van der Waals surface area contributed by atoms with E-state index in [1.165, 1.54) is 49.9 Å². The molecule has 13 heteroatoms. The van der Waals surface area contributed by atoms with Crippen molar-refractivity contribution < 1.29 is 56.1 Å². The van der Waals surface area contributed by atoms with Gasteiger partial charge in [0.15, 0.2) is 0 Å². The van der Waals surface area contributed by atoms with E-state index in [-0.39, 0.29) is 62.3 Å². The van der Waals surface area contributed by atoms with Crippen LogP contribution in [0.15, 0.2) is 68.6 Å². The van der Waals surface area contributed by atoms with Crippen LogP contribution in [-0.2, 0) is 20.1 Å². The number of sulfonamides is 1. The number of azo groups is 1. The van der Waals surface area contributed by atoms with Gasteiger partial charge in [0, 0.05) is 11.9 Å². The molecule has 0 aliphatic heterocycles. The van der Waals surface area contributed by atoms with Gasteiger partial charge >= 0.3 is 29.6 Å². The van der Waals surface area contributed by atoms with Crippen LogP contribution in [0.5, 0.6) is 5.75 Å². The van der Waals surface area contributed by atoms with Gasteiger partial charge in [-0.25, -0.2) is 13.1 Å². The Morgan fingerprint density at radius 2 is 1.54 bits per heavy atom. The van der Waals surface area contributed by atoms with Gasteiger partial charge in [-0.15, -0.1) is 10.2 Å². The number of nitrogens with two attached hydrogens (primary N) is 1. The maximum Gasteiger partial charge on any atom is 1.00 e. The third kappa shape index (κ3) is 9.24. The second-order valence-corrected chi connectivity index (χ2v) is 12.2. The molecule has 10 nitrogen and oxygen atoms in total. The summed E-state index contributed by atoms with van der Waals surface area (Å²) in [4.78, 5) is -0.625. The van der Waals surface area contributed by atoms with E-state index in [2.05, 4.69) is 21.9 Å². The quantitative estimate of drug-likeness (QED) is 0.0858. The summed E-state index contributed by atoms with van der Waals surface area (Å²) in [5.41, 5.74) is 6.12. The summed E-state index contributed by atoms with van der Waals surface area (Å²) in [6.07, 6.45) is 8.77. The van der Waals surface area contributed by atoms with Gasteiger partial charge < -0.3 is 10.8 Å². The monoisotopic (exact) mass is 584 g/mol. The molecule has 4 N–H and O–H groups in total. The summed E-state index contributed by atoms with van der Waals surface area (Å²) in [5.74, 6) is -0.732. The molecule has 0 saturated carbocycles.